The Hall–Kier alpha value is -2.11. The van der Waals surface area contributed by atoms with Gasteiger partial charge in [0, 0.05) is 12.0 Å². The minimum Gasteiger partial charge on any atom is -0.619 e. The lowest BCUT2D eigenvalue weighted by Crippen LogP contribution is -2.32. The maximum Gasteiger partial charge on any atom is 0.331 e. The van der Waals surface area contributed by atoms with Crippen LogP contribution in [0.1, 0.15) is 5.69 Å². The fourth-order valence-electron chi connectivity index (χ4n) is 0.925. The Morgan fingerprint density at radius 1 is 1.64 bits per heavy atom. The zero-order valence-corrected chi connectivity index (χ0v) is 7.19. The molecular formula is C8H8N2O4. The molecule has 0 aliphatic rings. The standard InChI is InChI=1S/C8H8N2O4/c1-5(8(12)13)2-6-3-10(14)4-7(11)9-6/h3-4H,1-2H2,(H,9,11)(H,12,13). The number of carboxylic acid groups (broad SMARTS) is 1. The van der Waals surface area contributed by atoms with Crippen LogP contribution in [0.4, 0.5) is 0 Å². The number of nitrogens with zero attached hydrogens (tertiary/aromatic N) is 1. The predicted molar refractivity (Wildman–Crippen MR) is 46.5 cm³/mol. The van der Waals surface area contributed by atoms with Gasteiger partial charge in [0.05, 0.1) is 5.69 Å². The third-order valence-electron chi connectivity index (χ3n) is 1.52. The van der Waals surface area contributed by atoms with Crippen LogP contribution in [0, 0.1) is 5.21 Å². The fraction of sp³-hybridized carbons (Fsp3) is 0.125. The SMILES string of the molecule is C=C(Cc1c[n+]([O-])cc(=O)[nH]1)C(=O)O. The van der Waals surface area contributed by atoms with Crippen LogP contribution in [0.5, 0.6) is 0 Å². The first-order chi connectivity index (χ1) is 6.49. The van der Waals surface area contributed by atoms with Crippen LogP contribution >= 0.6 is 0 Å². The van der Waals surface area contributed by atoms with Crippen molar-refractivity contribution in [1.29, 1.82) is 0 Å². The Morgan fingerprint density at radius 2 is 2.29 bits per heavy atom. The van der Waals surface area contributed by atoms with Gasteiger partial charge in [-0.2, -0.15) is 4.73 Å². The third kappa shape index (κ3) is 2.44. The number of carboxylic acids is 1. The molecule has 0 saturated carbocycles. The molecule has 1 heterocycles. The lowest BCUT2D eigenvalue weighted by molar-refractivity contribution is -0.607. The molecule has 1 rings (SSSR count). The molecule has 0 fully saturated rings. The zero-order chi connectivity index (χ0) is 10.7. The van der Waals surface area contributed by atoms with Crippen molar-refractivity contribution in [2.24, 2.45) is 0 Å². The molecule has 1 aromatic heterocycles. The van der Waals surface area contributed by atoms with E-state index in [1.54, 1.807) is 0 Å². The Bertz CT molecular complexity index is 435. The summed E-state index contributed by atoms with van der Waals surface area (Å²) >= 11 is 0. The molecule has 6 heteroatoms. The normalized spacial score (nSPS) is 9.71. The molecule has 6 nitrogen and oxygen atoms in total. The second-order valence-corrected chi connectivity index (χ2v) is 2.72. The van der Waals surface area contributed by atoms with Crippen LogP contribution in [0.25, 0.3) is 0 Å². The van der Waals surface area contributed by atoms with Gasteiger partial charge in [0.25, 0.3) is 0 Å². The van der Waals surface area contributed by atoms with E-state index in [0.717, 1.165) is 12.4 Å². The van der Waals surface area contributed by atoms with E-state index in [2.05, 4.69) is 11.6 Å². The number of hydrogen-bond donors (Lipinski definition) is 2. The van der Waals surface area contributed by atoms with Crippen molar-refractivity contribution >= 4 is 5.97 Å². The molecule has 0 unspecified atom stereocenters. The van der Waals surface area contributed by atoms with Crippen molar-refractivity contribution < 1.29 is 14.6 Å². The molecule has 1 aromatic rings. The maximum absolute atomic E-state index is 10.8. The smallest absolute Gasteiger partial charge is 0.331 e. The van der Waals surface area contributed by atoms with Crippen molar-refractivity contribution in [2.75, 3.05) is 0 Å². The fourth-order valence-corrected chi connectivity index (χ4v) is 0.925. The monoisotopic (exact) mass is 196 g/mol. The first kappa shape index (κ1) is 9.97. The van der Waals surface area contributed by atoms with Gasteiger partial charge >= 0.3 is 11.5 Å². The summed E-state index contributed by atoms with van der Waals surface area (Å²) in [6, 6.07) is 0. The van der Waals surface area contributed by atoms with Gasteiger partial charge in [-0.25, -0.2) is 4.79 Å². The van der Waals surface area contributed by atoms with Crippen molar-refractivity contribution in [3.05, 3.63) is 45.8 Å². The highest BCUT2D eigenvalue weighted by Gasteiger charge is 2.08. The highest BCUT2D eigenvalue weighted by Crippen LogP contribution is 1.99. The lowest BCUT2D eigenvalue weighted by Gasteiger charge is -2.00. The van der Waals surface area contributed by atoms with Crippen LogP contribution in [-0.4, -0.2) is 16.1 Å². The lowest BCUT2D eigenvalue weighted by atomic mass is 10.2. The zero-order valence-electron chi connectivity index (χ0n) is 7.19. The van der Waals surface area contributed by atoms with Crippen LogP contribution in [0.15, 0.2) is 29.3 Å². The third-order valence-corrected chi connectivity index (χ3v) is 1.52. The average Bonchev–Trinajstić information content (AvgIpc) is 2.01. The number of H-pyrrole nitrogens is 1. The van der Waals surface area contributed by atoms with Crippen LogP contribution in [0.2, 0.25) is 0 Å². The summed E-state index contributed by atoms with van der Waals surface area (Å²) < 4.78 is 0.323. The summed E-state index contributed by atoms with van der Waals surface area (Å²) in [5, 5.41) is 19.3. The highest BCUT2D eigenvalue weighted by atomic mass is 16.5. The van der Waals surface area contributed by atoms with E-state index >= 15 is 0 Å². The molecule has 14 heavy (non-hydrogen) atoms. The van der Waals surface area contributed by atoms with E-state index in [9.17, 15) is 14.8 Å². The highest BCUT2D eigenvalue weighted by molar-refractivity contribution is 5.86. The molecule has 0 spiro atoms. The van der Waals surface area contributed by atoms with E-state index < -0.39 is 11.5 Å². The minimum atomic E-state index is -1.16. The van der Waals surface area contributed by atoms with Gasteiger partial charge in [-0.1, -0.05) is 6.58 Å². The van der Waals surface area contributed by atoms with Gasteiger partial charge < -0.3 is 15.3 Å². The Kier molecular flexibility index (Phi) is 2.66. The average molecular weight is 196 g/mol. The van der Waals surface area contributed by atoms with Gasteiger partial charge in [0.2, 0.25) is 6.20 Å². The number of aromatic nitrogens is 2. The number of nitrogens with one attached hydrogen (secondary N) is 1. The van der Waals surface area contributed by atoms with Crippen LogP contribution in [0.3, 0.4) is 0 Å². The summed E-state index contributed by atoms with van der Waals surface area (Å²) in [5.74, 6) is -1.16. The summed E-state index contributed by atoms with van der Waals surface area (Å²) in [6.07, 6.45) is 1.84. The second kappa shape index (κ2) is 3.73. The van der Waals surface area contributed by atoms with Crippen molar-refractivity contribution in [1.82, 2.24) is 4.98 Å². The number of hydrogen-bond acceptors (Lipinski definition) is 3. The summed E-state index contributed by atoms with van der Waals surface area (Å²) in [7, 11) is 0. The molecule has 0 aromatic carbocycles. The minimum absolute atomic E-state index is 0.0619. The van der Waals surface area contributed by atoms with Crippen molar-refractivity contribution in [3.63, 3.8) is 0 Å². The van der Waals surface area contributed by atoms with E-state index in [1.165, 1.54) is 0 Å². The van der Waals surface area contributed by atoms with E-state index in [1.807, 2.05) is 0 Å². The van der Waals surface area contributed by atoms with Crippen LogP contribution in [-0.2, 0) is 11.2 Å². The second-order valence-electron chi connectivity index (χ2n) is 2.72. The van der Waals surface area contributed by atoms with Gasteiger partial charge in [-0.05, 0) is 0 Å². The van der Waals surface area contributed by atoms with Gasteiger partial charge in [0.15, 0.2) is 6.20 Å². The molecular weight excluding hydrogens is 188 g/mol. The van der Waals surface area contributed by atoms with E-state index in [0.29, 0.717) is 4.73 Å². The van der Waals surface area contributed by atoms with Crippen molar-refractivity contribution in [2.45, 2.75) is 6.42 Å². The van der Waals surface area contributed by atoms with Crippen LogP contribution < -0.4 is 10.3 Å². The van der Waals surface area contributed by atoms with Gasteiger partial charge in [-0.3, -0.25) is 4.79 Å². The topological polar surface area (TPSA) is 97.1 Å². The first-order valence-electron chi connectivity index (χ1n) is 3.72. The molecule has 2 N–H and O–H groups in total. The van der Waals surface area contributed by atoms with Gasteiger partial charge in [0.1, 0.15) is 0 Å². The molecule has 0 aliphatic heterocycles. The quantitative estimate of drug-likeness (QED) is 0.375. The summed E-state index contributed by atoms with van der Waals surface area (Å²) in [5.41, 5.74) is -0.442. The molecule has 0 saturated heterocycles. The molecule has 0 radical (unpaired) electrons. The molecule has 0 aliphatic carbocycles. The molecule has 74 valence electrons. The largest absolute Gasteiger partial charge is 0.619 e. The summed E-state index contributed by atoms with van der Waals surface area (Å²) in [6.45, 7) is 3.28. The Balaban J connectivity index is 2.92. The number of carbonyl (C=O) groups is 1. The molecule has 0 amide bonds. The maximum atomic E-state index is 10.8. The summed E-state index contributed by atoms with van der Waals surface area (Å²) in [4.78, 5) is 23.5. The molecule has 0 atom stereocenters. The predicted octanol–water partition coefficient (Wildman–Crippen LogP) is -0.808. The first-order valence-corrected chi connectivity index (χ1v) is 3.72. The van der Waals surface area contributed by atoms with Gasteiger partial charge in [-0.15, -0.1) is 0 Å². The number of rotatable bonds is 3. The number of aliphatic carboxylic acids is 1. The van der Waals surface area contributed by atoms with E-state index in [4.69, 9.17) is 5.11 Å². The Morgan fingerprint density at radius 3 is 2.79 bits per heavy atom. The Labute approximate surface area is 78.7 Å². The van der Waals surface area contributed by atoms with E-state index in [-0.39, 0.29) is 17.7 Å². The molecule has 0 bridgehead atoms. The number of aromatic amines is 1. The van der Waals surface area contributed by atoms with Crippen molar-refractivity contribution in [3.8, 4) is 0 Å².